The molecule has 0 spiro atoms. The fourth-order valence-corrected chi connectivity index (χ4v) is 2.06. The van der Waals surface area contributed by atoms with Crippen LogP contribution in [0.2, 0.25) is 0 Å². The summed E-state index contributed by atoms with van der Waals surface area (Å²) in [6, 6.07) is 5.52. The Morgan fingerprint density at radius 3 is 2.64 bits per heavy atom. The van der Waals surface area contributed by atoms with Crippen LogP contribution in [0.3, 0.4) is 0 Å². The van der Waals surface area contributed by atoms with Gasteiger partial charge in [0.15, 0.2) is 0 Å². The number of carbonyl (C=O) groups excluding carboxylic acids is 1. The molecule has 1 saturated carbocycles. The maximum atomic E-state index is 12.2. The lowest BCUT2D eigenvalue weighted by Gasteiger charge is -2.20. The van der Waals surface area contributed by atoms with E-state index in [1.807, 2.05) is 0 Å². The largest absolute Gasteiger partial charge is 0.493 e. The van der Waals surface area contributed by atoms with Gasteiger partial charge in [-0.2, -0.15) is 0 Å². The Morgan fingerprint density at radius 1 is 1.32 bits per heavy atom. The highest BCUT2D eigenvalue weighted by Gasteiger charge is 2.25. The summed E-state index contributed by atoms with van der Waals surface area (Å²) in [5, 5.41) is 13.2. The first-order valence-electron chi connectivity index (χ1n) is 7.70. The third kappa shape index (κ3) is 5.00. The van der Waals surface area contributed by atoms with Gasteiger partial charge in [-0.1, -0.05) is 0 Å². The van der Waals surface area contributed by atoms with Crippen LogP contribution >= 0.6 is 0 Å². The first kappa shape index (κ1) is 16.8. The number of ether oxygens (including phenoxy) is 2. The van der Waals surface area contributed by atoms with Gasteiger partial charge in [-0.15, -0.1) is 0 Å². The van der Waals surface area contributed by atoms with Crippen molar-refractivity contribution in [1.82, 2.24) is 5.32 Å². The molecule has 122 valence electrons. The van der Waals surface area contributed by atoms with Crippen LogP contribution in [-0.2, 0) is 10.3 Å². The maximum Gasteiger partial charge on any atom is 0.251 e. The molecular formula is C17H25NO4. The Labute approximate surface area is 131 Å². The molecule has 1 aromatic rings. The predicted molar refractivity (Wildman–Crippen MR) is 84.2 cm³/mol. The third-order valence-electron chi connectivity index (χ3n) is 3.55. The highest BCUT2D eigenvalue weighted by atomic mass is 16.5. The normalized spacial score (nSPS) is 14.7. The van der Waals surface area contributed by atoms with Crippen LogP contribution in [0.15, 0.2) is 18.2 Å². The Kier molecular flexibility index (Phi) is 5.42. The summed E-state index contributed by atoms with van der Waals surface area (Å²) in [6.45, 7) is 4.52. The van der Waals surface area contributed by atoms with E-state index in [0.717, 1.165) is 19.3 Å². The van der Waals surface area contributed by atoms with E-state index in [1.165, 1.54) is 0 Å². The number of carbonyl (C=O) groups is 1. The van der Waals surface area contributed by atoms with Crippen molar-refractivity contribution in [1.29, 1.82) is 0 Å². The first-order chi connectivity index (χ1) is 10.4. The van der Waals surface area contributed by atoms with Crippen LogP contribution in [0.5, 0.6) is 5.75 Å². The second kappa shape index (κ2) is 7.11. The Hall–Kier alpha value is -1.59. The molecule has 0 aromatic heterocycles. The van der Waals surface area contributed by atoms with Gasteiger partial charge in [0, 0.05) is 31.7 Å². The highest BCUT2D eigenvalue weighted by Crippen LogP contribution is 2.27. The molecule has 0 radical (unpaired) electrons. The number of benzene rings is 1. The van der Waals surface area contributed by atoms with Crippen LogP contribution < -0.4 is 10.1 Å². The Bertz CT molecular complexity index is 518. The van der Waals surface area contributed by atoms with E-state index >= 15 is 0 Å². The van der Waals surface area contributed by atoms with Crippen LogP contribution in [0, 0.1) is 0 Å². The molecule has 0 atom stereocenters. The molecule has 1 fully saturated rings. The number of rotatable bonds is 8. The zero-order valence-electron chi connectivity index (χ0n) is 13.5. The molecule has 22 heavy (non-hydrogen) atoms. The lowest BCUT2D eigenvalue weighted by Crippen LogP contribution is -2.26. The van der Waals surface area contributed by atoms with Gasteiger partial charge in [-0.05, 0) is 50.5 Å². The van der Waals surface area contributed by atoms with Crippen molar-refractivity contribution in [3.63, 3.8) is 0 Å². The number of hydrogen-bond donors (Lipinski definition) is 2. The third-order valence-corrected chi connectivity index (χ3v) is 3.55. The van der Waals surface area contributed by atoms with Crippen LogP contribution in [-0.4, -0.2) is 37.4 Å². The maximum absolute atomic E-state index is 12.2. The minimum atomic E-state index is -1.03. The Morgan fingerprint density at radius 2 is 2.05 bits per heavy atom. The molecule has 1 aliphatic rings. The highest BCUT2D eigenvalue weighted by molar-refractivity contribution is 5.95. The lowest BCUT2D eigenvalue weighted by atomic mass is 9.96. The SMILES string of the molecule is COCCCOc1cc(C(=O)NC2CC2)cc(C(C)(C)O)c1. The van der Waals surface area contributed by atoms with Crippen molar-refractivity contribution >= 4 is 5.91 Å². The van der Waals surface area contributed by atoms with E-state index in [4.69, 9.17) is 9.47 Å². The van der Waals surface area contributed by atoms with Crippen LogP contribution in [0.1, 0.15) is 49.0 Å². The van der Waals surface area contributed by atoms with Crippen molar-refractivity contribution in [2.75, 3.05) is 20.3 Å². The van der Waals surface area contributed by atoms with Crippen LogP contribution in [0.25, 0.3) is 0 Å². The molecule has 0 aliphatic heterocycles. The molecule has 0 unspecified atom stereocenters. The summed E-state index contributed by atoms with van der Waals surface area (Å²) in [5.74, 6) is 0.479. The molecule has 0 saturated heterocycles. The van der Waals surface area contributed by atoms with Crippen molar-refractivity contribution < 1.29 is 19.4 Å². The number of hydrogen-bond acceptors (Lipinski definition) is 4. The quantitative estimate of drug-likeness (QED) is 0.723. The smallest absolute Gasteiger partial charge is 0.251 e. The fourth-order valence-electron chi connectivity index (χ4n) is 2.06. The standard InChI is InChI=1S/C17H25NO4/c1-17(2,20)13-9-12(16(19)18-14-5-6-14)10-15(11-13)22-8-4-7-21-3/h9-11,14,20H,4-8H2,1-3H3,(H,18,19). The minimum Gasteiger partial charge on any atom is -0.493 e. The number of nitrogens with one attached hydrogen (secondary N) is 1. The molecule has 2 rings (SSSR count). The number of amides is 1. The molecule has 0 heterocycles. The molecular weight excluding hydrogens is 282 g/mol. The summed E-state index contributed by atoms with van der Waals surface area (Å²) >= 11 is 0. The molecule has 1 aromatic carbocycles. The topological polar surface area (TPSA) is 67.8 Å². The molecule has 2 N–H and O–H groups in total. The molecule has 5 nitrogen and oxygen atoms in total. The zero-order valence-corrected chi connectivity index (χ0v) is 13.5. The van der Waals surface area contributed by atoms with E-state index in [9.17, 15) is 9.90 Å². The average Bonchev–Trinajstić information content (AvgIpc) is 3.26. The molecule has 0 bridgehead atoms. The van der Waals surface area contributed by atoms with Gasteiger partial charge in [-0.3, -0.25) is 4.79 Å². The van der Waals surface area contributed by atoms with Gasteiger partial charge < -0.3 is 19.9 Å². The van der Waals surface area contributed by atoms with Gasteiger partial charge in [-0.25, -0.2) is 0 Å². The van der Waals surface area contributed by atoms with Crippen molar-refractivity contribution in [3.05, 3.63) is 29.3 Å². The number of aliphatic hydroxyl groups is 1. The monoisotopic (exact) mass is 307 g/mol. The van der Waals surface area contributed by atoms with E-state index in [1.54, 1.807) is 39.2 Å². The van der Waals surface area contributed by atoms with E-state index in [2.05, 4.69) is 5.32 Å². The first-order valence-corrected chi connectivity index (χ1v) is 7.70. The number of methoxy groups -OCH3 is 1. The minimum absolute atomic E-state index is 0.115. The molecule has 1 aliphatic carbocycles. The van der Waals surface area contributed by atoms with Gasteiger partial charge in [0.25, 0.3) is 5.91 Å². The van der Waals surface area contributed by atoms with Crippen molar-refractivity contribution in [3.8, 4) is 5.75 Å². The average molecular weight is 307 g/mol. The van der Waals surface area contributed by atoms with Gasteiger partial charge in [0.2, 0.25) is 0 Å². The van der Waals surface area contributed by atoms with E-state index < -0.39 is 5.60 Å². The van der Waals surface area contributed by atoms with Gasteiger partial charge in [0.05, 0.1) is 12.2 Å². The summed E-state index contributed by atoms with van der Waals surface area (Å²) in [4.78, 5) is 12.2. The summed E-state index contributed by atoms with van der Waals surface area (Å²) in [6.07, 6.45) is 2.85. The Balaban J connectivity index is 2.14. The predicted octanol–water partition coefficient (Wildman–Crippen LogP) is 2.22. The lowest BCUT2D eigenvalue weighted by molar-refractivity contribution is 0.0780. The summed E-state index contributed by atoms with van der Waals surface area (Å²) in [5.41, 5.74) is 0.159. The van der Waals surface area contributed by atoms with Gasteiger partial charge >= 0.3 is 0 Å². The fraction of sp³-hybridized carbons (Fsp3) is 0.588. The summed E-state index contributed by atoms with van der Waals surface area (Å²) in [7, 11) is 1.65. The van der Waals surface area contributed by atoms with E-state index in [-0.39, 0.29) is 5.91 Å². The molecule has 1 amide bonds. The van der Waals surface area contributed by atoms with Crippen molar-refractivity contribution in [2.24, 2.45) is 0 Å². The van der Waals surface area contributed by atoms with E-state index in [0.29, 0.717) is 36.1 Å². The van der Waals surface area contributed by atoms with Gasteiger partial charge in [0.1, 0.15) is 5.75 Å². The summed E-state index contributed by atoms with van der Waals surface area (Å²) < 4.78 is 10.7. The molecule has 5 heteroatoms. The second-order valence-corrected chi connectivity index (χ2v) is 6.25. The van der Waals surface area contributed by atoms with Crippen LogP contribution in [0.4, 0.5) is 0 Å². The second-order valence-electron chi connectivity index (χ2n) is 6.25. The van der Waals surface area contributed by atoms with Crippen molar-refractivity contribution in [2.45, 2.75) is 44.8 Å². The zero-order chi connectivity index (χ0) is 16.2.